The van der Waals surface area contributed by atoms with Crippen molar-refractivity contribution >= 4 is 0 Å². The van der Waals surface area contributed by atoms with Gasteiger partial charge in [0, 0.05) is 25.7 Å². The minimum absolute atomic E-state index is 0.205. The van der Waals surface area contributed by atoms with Crippen molar-refractivity contribution in [2.45, 2.75) is 32.7 Å². The van der Waals surface area contributed by atoms with Crippen molar-refractivity contribution in [2.75, 3.05) is 0 Å². The lowest BCUT2D eigenvalue weighted by Crippen LogP contribution is -2.38. The molecule has 0 aliphatic rings. The van der Waals surface area contributed by atoms with Crippen LogP contribution in [0.25, 0.3) is 0 Å². The van der Waals surface area contributed by atoms with Crippen molar-refractivity contribution in [3.8, 4) is 0 Å². The van der Waals surface area contributed by atoms with Crippen molar-refractivity contribution in [1.29, 1.82) is 0 Å². The topological polar surface area (TPSA) is 55.9 Å². The Hall–Kier alpha value is -1.65. The monoisotopic (exact) mass is 258 g/mol. The van der Waals surface area contributed by atoms with E-state index in [1.165, 1.54) is 16.7 Å². The third kappa shape index (κ3) is 3.91. The molecule has 1 unspecified atom stereocenters. The predicted molar refractivity (Wildman–Crippen MR) is 77.6 cm³/mol. The average molecular weight is 258 g/mol. The smallest absolute Gasteiger partial charge is 0.0640 e. The zero-order valence-corrected chi connectivity index (χ0v) is 11.9. The van der Waals surface area contributed by atoms with Crippen LogP contribution in [-0.4, -0.2) is 15.8 Å². The van der Waals surface area contributed by atoms with Crippen molar-refractivity contribution in [3.05, 3.63) is 52.8 Å². The van der Waals surface area contributed by atoms with Crippen LogP contribution < -0.4 is 11.3 Å². The predicted octanol–water partition coefficient (Wildman–Crippen LogP) is 1.65. The molecule has 4 heteroatoms. The Bertz CT molecular complexity index is 525. The first-order chi connectivity index (χ1) is 9.06. The molecule has 1 aromatic heterocycles. The van der Waals surface area contributed by atoms with Gasteiger partial charge in [0.05, 0.1) is 5.69 Å². The standard InChI is InChI=1S/C15H22N4/c1-11-6-12(2)8-13(7-11)9-15(17-16)10-14-4-5-19(3)18-14/h4-8,15,17H,9-10,16H2,1-3H3. The first kappa shape index (κ1) is 13.8. The summed E-state index contributed by atoms with van der Waals surface area (Å²) < 4.78 is 1.82. The minimum atomic E-state index is 0.205. The summed E-state index contributed by atoms with van der Waals surface area (Å²) in [6.07, 6.45) is 3.71. The van der Waals surface area contributed by atoms with Gasteiger partial charge in [0.15, 0.2) is 0 Å². The van der Waals surface area contributed by atoms with Crippen molar-refractivity contribution in [2.24, 2.45) is 12.9 Å². The van der Waals surface area contributed by atoms with Crippen LogP contribution in [0.3, 0.4) is 0 Å². The van der Waals surface area contributed by atoms with E-state index in [2.05, 4.69) is 42.6 Å². The molecular weight excluding hydrogens is 236 g/mol. The molecule has 0 aliphatic carbocycles. The van der Waals surface area contributed by atoms with E-state index < -0.39 is 0 Å². The van der Waals surface area contributed by atoms with E-state index >= 15 is 0 Å². The van der Waals surface area contributed by atoms with Crippen LogP contribution in [0.15, 0.2) is 30.5 Å². The Morgan fingerprint density at radius 1 is 1.21 bits per heavy atom. The summed E-state index contributed by atoms with van der Waals surface area (Å²) >= 11 is 0. The first-order valence-electron chi connectivity index (χ1n) is 6.58. The number of hydrogen-bond acceptors (Lipinski definition) is 3. The normalized spacial score (nSPS) is 12.6. The molecule has 19 heavy (non-hydrogen) atoms. The number of benzene rings is 1. The second-order valence-electron chi connectivity index (χ2n) is 5.25. The molecular formula is C15H22N4. The third-order valence-electron chi connectivity index (χ3n) is 3.22. The SMILES string of the molecule is Cc1cc(C)cc(CC(Cc2ccn(C)n2)NN)c1. The van der Waals surface area contributed by atoms with Gasteiger partial charge in [-0.05, 0) is 31.9 Å². The number of hydrazine groups is 1. The van der Waals surface area contributed by atoms with Gasteiger partial charge >= 0.3 is 0 Å². The molecule has 102 valence electrons. The molecule has 1 atom stereocenters. The number of rotatable bonds is 5. The number of nitrogens with two attached hydrogens (primary N) is 1. The molecule has 0 amide bonds. The molecule has 0 aliphatic heterocycles. The molecule has 0 saturated heterocycles. The van der Waals surface area contributed by atoms with E-state index in [9.17, 15) is 0 Å². The van der Waals surface area contributed by atoms with Crippen LogP contribution in [0, 0.1) is 13.8 Å². The Morgan fingerprint density at radius 3 is 2.42 bits per heavy atom. The lowest BCUT2D eigenvalue weighted by atomic mass is 9.99. The summed E-state index contributed by atoms with van der Waals surface area (Å²) in [4.78, 5) is 0. The van der Waals surface area contributed by atoms with Crippen LogP contribution in [0.4, 0.5) is 0 Å². The van der Waals surface area contributed by atoms with Crippen molar-refractivity contribution in [3.63, 3.8) is 0 Å². The Labute approximate surface area is 114 Å². The number of hydrogen-bond donors (Lipinski definition) is 2. The average Bonchev–Trinajstić information content (AvgIpc) is 2.72. The molecule has 0 saturated carbocycles. The van der Waals surface area contributed by atoms with Crippen LogP contribution in [0.5, 0.6) is 0 Å². The maximum Gasteiger partial charge on any atom is 0.0640 e. The number of nitrogens with zero attached hydrogens (tertiary/aromatic N) is 2. The summed E-state index contributed by atoms with van der Waals surface area (Å²) in [5, 5.41) is 4.40. The van der Waals surface area contributed by atoms with Gasteiger partial charge in [-0.2, -0.15) is 5.10 Å². The molecule has 1 aromatic carbocycles. The van der Waals surface area contributed by atoms with E-state index in [1.807, 2.05) is 24.0 Å². The number of aromatic nitrogens is 2. The number of aryl methyl sites for hydroxylation is 3. The second-order valence-corrected chi connectivity index (χ2v) is 5.25. The van der Waals surface area contributed by atoms with Crippen LogP contribution in [-0.2, 0) is 19.9 Å². The largest absolute Gasteiger partial charge is 0.276 e. The van der Waals surface area contributed by atoms with Gasteiger partial charge in [-0.15, -0.1) is 0 Å². The maximum absolute atomic E-state index is 5.67. The zero-order chi connectivity index (χ0) is 13.8. The summed E-state index contributed by atoms with van der Waals surface area (Å²) in [7, 11) is 1.93. The van der Waals surface area contributed by atoms with Gasteiger partial charge in [-0.1, -0.05) is 29.3 Å². The number of nitrogens with one attached hydrogen (secondary N) is 1. The molecule has 2 rings (SSSR count). The van der Waals surface area contributed by atoms with Gasteiger partial charge in [0.25, 0.3) is 0 Å². The first-order valence-corrected chi connectivity index (χ1v) is 6.58. The summed E-state index contributed by atoms with van der Waals surface area (Å²) in [5.74, 6) is 5.67. The summed E-state index contributed by atoms with van der Waals surface area (Å²) in [6.45, 7) is 4.25. The van der Waals surface area contributed by atoms with Crippen LogP contribution >= 0.6 is 0 Å². The highest BCUT2D eigenvalue weighted by Crippen LogP contribution is 2.12. The molecule has 3 N–H and O–H groups in total. The molecule has 0 spiro atoms. The quantitative estimate of drug-likeness (QED) is 0.633. The van der Waals surface area contributed by atoms with Gasteiger partial charge in [0.2, 0.25) is 0 Å². The fraction of sp³-hybridized carbons (Fsp3) is 0.400. The molecule has 0 radical (unpaired) electrons. The lowest BCUT2D eigenvalue weighted by molar-refractivity contribution is 0.514. The van der Waals surface area contributed by atoms with E-state index in [1.54, 1.807) is 0 Å². The third-order valence-corrected chi connectivity index (χ3v) is 3.22. The maximum atomic E-state index is 5.67. The summed E-state index contributed by atoms with van der Waals surface area (Å²) in [6, 6.07) is 8.86. The lowest BCUT2D eigenvalue weighted by Gasteiger charge is -2.15. The second kappa shape index (κ2) is 5.99. The Kier molecular flexibility index (Phi) is 4.35. The highest BCUT2D eigenvalue weighted by molar-refractivity contribution is 5.29. The van der Waals surface area contributed by atoms with Crippen molar-refractivity contribution in [1.82, 2.24) is 15.2 Å². The molecule has 2 aromatic rings. The van der Waals surface area contributed by atoms with Gasteiger partial charge in [0.1, 0.15) is 0 Å². The highest BCUT2D eigenvalue weighted by atomic mass is 15.3. The minimum Gasteiger partial charge on any atom is -0.276 e. The van der Waals surface area contributed by atoms with Gasteiger partial charge in [-0.25, -0.2) is 0 Å². The fourth-order valence-corrected chi connectivity index (χ4v) is 2.49. The van der Waals surface area contributed by atoms with Gasteiger partial charge in [-0.3, -0.25) is 16.0 Å². The van der Waals surface area contributed by atoms with E-state index in [0.29, 0.717) is 0 Å². The Balaban J connectivity index is 2.06. The van der Waals surface area contributed by atoms with E-state index in [-0.39, 0.29) is 6.04 Å². The Morgan fingerprint density at radius 2 is 1.89 bits per heavy atom. The molecule has 0 fully saturated rings. The fourth-order valence-electron chi connectivity index (χ4n) is 2.49. The molecule has 4 nitrogen and oxygen atoms in total. The summed E-state index contributed by atoms with van der Waals surface area (Å²) in [5.41, 5.74) is 7.87. The van der Waals surface area contributed by atoms with Crippen LogP contribution in [0.1, 0.15) is 22.4 Å². The van der Waals surface area contributed by atoms with Crippen molar-refractivity contribution < 1.29 is 0 Å². The van der Waals surface area contributed by atoms with E-state index in [0.717, 1.165) is 18.5 Å². The van der Waals surface area contributed by atoms with Crippen LogP contribution in [0.2, 0.25) is 0 Å². The molecule has 1 heterocycles. The van der Waals surface area contributed by atoms with Gasteiger partial charge < -0.3 is 0 Å². The highest BCUT2D eigenvalue weighted by Gasteiger charge is 2.11. The van der Waals surface area contributed by atoms with E-state index in [4.69, 9.17) is 5.84 Å². The zero-order valence-electron chi connectivity index (χ0n) is 11.9. The molecule has 0 bridgehead atoms.